The zero-order chi connectivity index (χ0) is 14.7. The zero-order valence-corrected chi connectivity index (χ0v) is 11.4. The molecule has 1 fully saturated rings. The number of amides is 2. The molecule has 2 heterocycles. The van der Waals surface area contributed by atoms with Gasteiger partial charge in [-0.3, -0.25) is 10.9 Å². The molecule has 0 saturated carbocycles. The predicted octanol–water partition coefficient (Wildman–Crippen LogP) is 0.462. The average Bonchev–Trinajstić information content (AvgIpc) is 2.53. The topological polar surface area (TPSA) is 105 Å². The van der Waals surface area contributed by atoms with Gasteiger partial charge >= 0.3 is 6.03 Å². The maximum absolute atomic E-state index is 10.9. The van der Waals surface area contributed by atoms with Gasteiger partial charge in [0.1, 0.15) is 0 Å². The number of para-hydroxylation sites is 1. The van der Waals surface area contributed by atoms with E-state index in [0.717, 1.165) is 24.0 Å². The second-order valence-electron chi connectivity index (χ2n) is 4.60. The first-order chi connectivity index (χ1) is 10.2. The van der Waals surface area contributed by atoms with Crippen LogP contribution < -0.4 is 21.5 Å². The summed E-state index contributed by atoms with van der Waals surface area (Å²) in [5.41, 5.74) is 10.9. The molecule has 0 aliphatic carbocycles. The third-order valence-electron chi connectivity index (χ3n) is 3.19. The Labute approximate surface area is 121 Å². The van der Waals surface area contributed by atoms with Crippen LogP contribution in [0.25, 0.3) is 10.9 Å². The summed E-state index contributed by atoms with van der Waals surface area (Å²) in [6, 6.07) is 6.89. The number of ether oxygens (including phenoxy) is 1. The highest BCUT2D eigenvalue weighted by Crippen LogP contribution is 2.23. The Hall–Kier alpha value is -2.61. The van der Waals surface area contributed by atoms with Crippen molar-refractivity contribution in [1.82, 2.24) is 15.4 Å². The summed E-state index contributed by atoms with van der Waals surface area (Å²) in [5.74, 6) is 1.12. The fourth-order valence-corrected chi connectivity index (χ4v) is 2.19. The standard InChI is InChI=1S/C13H16N6O2/c14-12(20)18-17-11-9-3-1-2-4-10(9)15-13(16-11)19-5-7-21-8-6-19/h1-4H,5-8H2,(H3,14,18,20)(H,15,16,17). The molecule has 1 saturated heterocycles. The van der Waals surface area contributed by atoms with E-state index in [9.17, 15) is 4.79 Å². The number of rotatable bonds is 3. The van der Waals surface area contributed by atoms with E-state index in [1.165, 1.54) is 0 Å². The Balaban J connectivity index is 1.99. The van der Waals surface area contributed by atoms with Crippen molar-refractivity contribution in [3.8, 4) is 0 Å². The number of nitrogens with zero attached hydrogens (tertiary/aromatic N) is 3. The Kier molecular flexibility index (Phi) is 3.69. The molecular formula is C13H16N6O2. The normalized spacial score (nSPS) is 15.0. The molecule has 8 nitrogen and oxygen atoms in total. The molecule has 1 aliphatic rings. The molecule has 8 heteroatoms. The van der Waals surface area contributed by atoms with Crippen LogP contribution in [-0.2, 0) is 4.74 Å². The van der Waals surface area contributed by atoms with E-state index in [1.807, 2.05) is 29.2 Å². The molecule has 2 aromatic rings. The molecule has 3 rings (SSSR count). The number of nitrogens with one attached hydrogen (secondary N) is 2. The number of primary amides is 1. The van der Waals surface area contributed by atoms with Crippen molar-refractivity contribution in [3.63, 3.8) is 0 Å². The van der Waals surface area contributed by atoms with Crippen LogP contribution in [0.2, 0.25) is 0 Å². The van der Waals surface area contributed by atoms with Crippen molar-refractivity contribution >= 4 is 28.7 Å². The minimum atomic E-state index is -0.675. The molecular weight excluding hydrogens is 272 g/mol. The van der Waals surface area contributed by atoms with Gasteiger partial charge in [-0.25, -0.2) is 9.78 Å². The van der Waals surface area contributed by atoms with Gasteiger partial charge in [0.2, 0.25) is 5.95 Å². The number of nitrogens with two attached hydrogens (primary N) is 1. The number of morpholine rings is 1. The second-order valence-corrected chi connectivity index (χ2v) is 4.60. The molecule has 0 radical (unpaired) electrons. The Morgan fingerprint density at radius 3 is 2.76 bits per heavy atom. The van der Waals surface area contributed by atoms with E-state index < -0.39 is 6.03 Å². The Morgan fingerprint density at radius 1 is 1.24 bits per heavy atom. The molecule has 0 bridgehead atoms. The maximum Gasteiger partial charge on any atom is 0.330 e. The van der Waals surface area contributed by atoms with Gasteiger partial charge in [-0.1, -0.05) is 12.1 Å². The number of fused-ring (bicyclic) bond motifs is 1. The lowest BCUT2D eigenvalue weighted by Gasteiger charge is -2.27. The minimum Gasteiger partial charge on any atom is -0.378 e. The fourth-order valence-electron chi connectivity index (χ4n) is 2.19. The maximum atomic E-state index is 10.9. The minimum absolute atomic E-state index is 0.515. The number of hydrazine groups is 1. The SMILES string of the molecule is NC(=O)NNc1nc(N2CCOCC2)nc2ccccc12. The van der Waals surface area contributed by atoms with Crippen molar-refractivity contribution in [3.05, 3.63) is 24.3 Å². The number of carbonyl (C=O) groups excluding carboxylic acids is 1. The highest BCUT2D eigenvalue weighted by atomic mass is 16.5. The van der Waals surface area contributed by atoms with Gasteiger partial charge in [0.05, 0.1) is 18.7 Å². The van der Waals surface area contributed by atoms with Gasteiger partial charge in [0.15, 0.2) is 5.82 Å². The van der Waals surface area contributed by atoms with Crippen molar-refractivity contribution in [2.45, 2.75) is 0 Å². The lowest BCUT2D eigenvalue weighted by atomic mass is 10.2. The van der Waals surface area contributed by atoms with Gasteiger partial charge in [-0.15, -0.1) is 0 Å². The van der Waals surface area contributed by atoms with Crippen LogP contribution in [0.1, 0.15) is 0 Å². The molecule has 21 heavy (non-hydrogen) atoms. The summed E-state index contributed by atoms with van der Waals surface area (Å²) in [5, 5.41) is 0.809. The molecule has 1 aliphatic heterocycles. The van der Waals surface area contributed by atoms with Gasteiger partial charge in [-0.2, -0.15) is 4.98 Å². The smallest absolute Gasteiger partial charge is 0.330 e. The first kappa shape index (κ1) is 13.4. The number of urea groups is 1. The number of benzene rings is 1. The van der Waals surface area contributed by atoms with Crippen LogP contribution in [0.4, 0.5) is 16.6 Å². The number of anilines is 2. The molecule has 0 atom stereocenters. The fraction of sp³-hybridized carbons (Fsp3) is 0.308. The number of aromatic nitrogens is 2. The van der Waals surface area contributed by atoms with Crippen LogP contribution in [0.15, 0.2) is 24.3 Å². The highest BCUT2D eigenvalue weighted by Gasteiger charge is 2.16. The number of hydrogen-bond donors (Lipinski definition) is 3. The van der Waals surface area contributed by atoms with E-state index in [2.05, 4.69) is 20.8 Å². The van der Waals surface area contributed by atoms with Gasteiger partial charge in [0.25, 0.3) is 0 Å². The molecule has 1 aromatic carbocycles. The van der Waals surface area contributed by atoms with Crippen LogP contribution in [0, 0.1) is 0 Å². The number of carbonyl (C=O) groups is 1. The molecule has 4 N–H and O–H groups in total. The summed E-state index contributed by atoms with van der Waals surface area (Å²) in [6.07, 6.45) is 0. The zero-order valence-electron chi connectivity index (χ0n) is 11.4. The van der Waals surface area contributed by atoms with Crippen molar-refractivity contribution in [2.75, 3.05) is 36.6 Å². The van der Waals surface area contributed by atoms with Gasteiger partial charge in [-0.05, 0) is 12.1 Å². The first-order valence-corrected chi connectivity index (χ1v) is 6.65. The largest absolute Gasteiger partial charge is 0.378 e. The molecule has 0 spiro atoms. The summed E-state index contributed by atoms with van der Waals surface area (Å²) in [7, 11) is 0. The number of hydrogen-bond acceptors (Lipinski definition) is 6. The lowest BCUT2D eigenvalue weighted by Crippen LogP contribution is -2.38. The van der Waals surface area contributed by atoms with Crippen molar-refractivity contribution in [1.29, 1.82) is 0 Å². The van der Waals surface area contributed by atoms with Gasteiger partial charge in [0, 0.05) is 18.5 Å². The van der Waals surface area contributed by atoms with E-state index in [0.29, 0.717) is 25.0 Å². The van der Waals surface area contributed by atoms with Crippen molar-refractivity contribution in [2.24, 2.45) is 5.73 Å². The highest BCUT2D eigenvalue weighted by molar-refractivity contribution is 5.90. The van der Waals surface area contributed by atoms with E-state index >= 15 is 0 Å². The predicted molar refractivity (Wildman–Crippen MR) is 78.9 cm³/mol. The first-order valence-electron chi connectivity index (χ1n) is 6.65. The van der Waals surface area contributed by atoms with Crippen LogP contribution in [-0.4, -0.2) is 42.3 Å². The summed E-state index contributed by atoms with van der Waals surface area (Å²) in [4.78, 5) is 22.0. The van der Waals surface area contributed by atoms with E-state index in [-0.39, 0.29) is 0 Å². The monoisotopic (exact) mass is 288 g/mol. The Bertz CT molecular complexity index is 656. The second kappa shape index (κ2) is 5.80. The third-order valence-corrected chi connectivity index (χ3v) is 3.19. The third kappa shape index (κ3) is 2.95. The van der Waals surface area contributed by atoms with E-state index in [4.69, 9.17) is 10.5 Å². The summed E-state index contributed by atoms with van der Waals surface area (Å²) in [6.45, 7) is 2.78. The Morgan fingerprint density at radius 2 is 2.00 bits per heavy atom. The molecule has 1 aromatic heterocycles. The van der Waals surface area contributed by atoms with E-state index in [1.54, 1.807) is 0 Å². The molecule has 2 amide bonds. The lowest BCUT2D eigenvalue weighted by molar-refractivity contribution is 0.122. The van der Waals surface area contributed by atoms with Crippen LogP contribution in [0.5, 0.6) is 0 Å². The summed E-state index contributed by atoms with van der Waals surface area (Å²) >= 11 is 0. The molecule has 110 valence electrons. The summed E-state index contributed by atoms with van der Waals surface area (Å²) < 4.78 is 5.33. The van der Waals surface area contributed by atoms with Crippen LogP contribution in [0.3, 0.4) is 0 Å². The van der Waals surface area contributed by atoms with Crippen LogP contribution >= 0.6 is 0 Å². The quantitative estimate of drug-likeness (QED) is 0.709. The average molecular weight is 288 g/mol. The molecule has 0 unspecified atom stereocenters. The van der Waals surface area contributed by atoms with Crippen molar-refractivity contribution < 1.29 is 9.53 Å². The van der Waals surface area contributed by atoms with Gasteiger partial charge < -0.3 is 15.4 Å².